The average Bonchev–Trinajstić information content (AvgIpc) is 2.94. The van der Waals surface area contributed by atoms with Crippen molar-refractivity contribution >= 4 is 22.5 Å². The fourth-order valence-electron chi connectivity index (χ4n) is 2.75. The van der Waals surface area contributed by atoms with Crippen LogP contribution < -0.4 is 10.6 Å². The Balaban J connectivity index is 1.75. The van der Waals surface area contributed by atoms with E-state index in [2.05, 4.69) is 33.8 Å². The van der Waals surface area contributed by atoms with Crippen molar-refractivity contribution in [2.75, 3.05) is 5.32 Å². The Hall–Kier alpha value is -1.88. The number of urea groups is 1. The first-order valence-electron chi connectivity index (χ1n) is 7.77. The van der Waals surface area contributed by atoms with Crippen LogP contribution in [0.2, 0.25) is 0 Å². The van der Waals surface area contributed by atoms with E-state index < -0.39 is 0 Å². The maximum Gasteiger partial charge on any atom is 0.321 e. The largest absolute Gasteiger partial charge is 0.336 e. The monoisotopic (exact) mass is 315 g/mol. The van der Waals surface area contributed by atoms with Crippen molar-refractivity contribution in [3.05, 3.63) is 34.7 Å². The lowest BCUT2D eigenvalue weighted by Gasteiger charge is -2.16. The predicted molar refractivity (Wildman–Crippen MR) is 91.5 cm³/mol. The lowest BCUT2D eigenvalue weighted by Crippen LogP contribution is -2.34. The van der Waals surface area contributed by atoms with Gasteiger partial charge < -0.3 is 5.32 Å². The fourth-order valence-corrected chi connectivity index (χ4v) is 3.47. The van der Waals surface area contributed by atoms with E-state index in [4.69, 9.17) is 0 Å². The van der Waals surface area contributed by atoms with Crippen molar-refractivity contribution in [3.63, 3.8) is 0 Å². The van der Waals surface area contributed by atoms with Crippen molar-refractivity contribution in [1.29, 1.82) is 0 Å². The second-order valence-electron chi connectivity index (χ2n) is 5.98. The summed E-state index contributed by atoms with van der Waals surface area (Å²) < 4.78 is 0. The number of rotatable bonds is 3. The van der Waals surface area contributed by atoms with Gasteiger partial charge in [0.1, 0.15) is 0 Å². The number of nitrogens with one attached hydrogen (secondary N) is 2. The molecule has 2 N–H and O–H groups in total. The second kappa shape index (κ2) is 6.48. The summed E-state index contributed by atoms with van der Waals surface area (Å²) in [5, 5.41) is 8.21. The van der Waals surface area contributed by atoms with Crippen molar-refractivity contribution < 1.29 is 4.79 Å². The zero-order chi connectivity index (χ0) is 15.5. The molecule has 22 heavy (non-hydrogen) atoms. The van der Waals surface area contributed by atoms with Gasteiger partial charge in [-0.1, -0.05) is 12.1 Å². The molecule has 1 heterocycles. The van der Waals surface area contributed by atoms with Crippen LogP contribution in [0.4, 0.5) is 9.93 Å². The normalized spacial score (nSPS) is 13.8. The first-order valence-corrected chi connectivity index (χ1v) is 8.65. The molecule has 1 aliphatic carbocycles. The minimum Gasteiger partial charge on any atom is -0.336 e. The summed E-state index contributed by atoms with van der Waals surface area (Å²) in [6.07, 6.45) is 4.92. The lowest BCUT2D eigenvalue weighted by atomic mass is 9.90. The maximum atomic E-state index is 11.7. The topological polar surface area (TPSA) is 54.0 Å². The third-order valence-corrected chi connectivity index (χ3v) is 4.55. The number of aromatic nitrogens is 1. The van der Waals surface area contributed by atoms with Gasteiger partial charge in [-0.2, -0.15) is 0 Å². The van der Waals surface area contributed by atoms with Gasteiger partial charge in [0.15, 0.2) is 5.13 Å². The van der Waals surface area contributed by atoms with Gasteiger partial charge in [0.2, 0.25) is 0 Å². The number of anilines is 1. The highest BCUT2D eigenvalue weighted by Gasteiger charge is 2.12. The summed E-state index contributed by atoms with van der Waals surface area (Å²) in [4.78, 5) is 16.2. The first kappa shape index (κ1) is 15.0. The summed E-state index contributed by atoms with van der Waals surface area (Å²) in [6, 6.07) is 6.52. The molecule has 0 radical (unpaired) electrons. The van der Waals surface area contributed by atoms with Crippen LogP contribution in [0.25, 0.3) is 11.3 Å². The van der Waals surface area contributed by atoms with Crippen LogP contribution in [0.5, 0.6) is 0 Å². The highest BCUT2D eigenvalue weighted by atomic mass is 32.1. The number of carbonyl (C=O) groups is 1. The summed E-state index contributed by atoms with van der Waals surface area (Å²) in [6.45, 7) is 3.86. The quantitative estimate of drug-likeness (QED) is 0.891. The van der Waals surface area contributed by atoms with E-state index in [9.17, 15) is 4.79 Å². The molecule has 4 nitrogen and oxygen atoms in total. The highest BCUT2D eigenvalue weighted by molar-refractivity contribution is 7.14. The van der Waals surface area contributed by atoms with Crippen LogP contribution in [0.1, 0.15) is 37.8 Å². The molecule has 0 atom stereocenters. The Bertz CT molecular complexity index is 678. The predicted octanol–water partition coefficient (Wildman–Crippen LogP) is 4.22. The SMILES string of the molecule is CC(C)NC(=O)Nc1nc(-c2ccc3c(c2)CCCC3)cs1. The summed E-state index contributed by atoms with van der Waals surface area (Å²) >= 11 is 1.45. The second-order valence-corrected chi connectivity index (χ2v) is 6.84. The van der Waals surface area contributed by atoms with Crippen LogP contribution in [0, 0.1) is 0 Å². The van der Waals surface area contributed by atoms with E-state index in [1.165, 1.54) is 41.7 Å². The Morgan fingerprint density at radius 1 is 1.23 bits per heavy atom. The highest BCUT2D eigenvalue weighted by Crippen LogP contribution is 2.29. The molecule has 1 aromatic heterocycles. The lowest BCUT2D eigenvalue weighted by molar-refractivity contribution is 0.250. The van der Waals surface area contributed by atoms with E-state index >= 15 is 0 Å². The maximum absolute atomic E-state index is 11.7. The average molecular weight is 315 g/mol. The number of nitrogens with zero attached hydrogens (tertiary/aromatic N) is 1. The zero-order valence-electron chi connectivity index (χ0n) is 13.0. The smallest absolute Gasteiger partial charge is 0.321 e. The van der Waals surface area contributed by atoms with Crippen LogP contribution in [0.15, 0.2) is 23.6 Å². The molecule has 0 spiro atoms. The number of fused-ring (bicyclic) bond motifs is 1. The molecule has 0 unspecified atom stereocenters. The Morgan fingerprint density at radius 3 is 2.77 bits per heavy atom. The Labute approximate surface area is 135 Å². The Kier molecular flexibility index (Phi) is 4.43. The molecule has 2 aromatic rings. The molecule has 0 saturated carbocycles. The minimum atomic E-state index is -0.207. The van der Waals surface area contributed by atoms with Crippen LogP contribution in [0.3, 0.4) is 0 Å². The van der Waals surface area contributed by atoms with Gasteiger partial charge in [-0.05, 0) is 56.7 Å². The van der Waals surface area contributed by atoms with Crippen LogP contribution >= 0.6 is 11.3 Å². The molecule has 5 heteroatoms. The van der Waals surface area contributed by atoms with Crippen LogP contribution in [-0.4, -0.2) is 17.1 Å². The van der Waals surface area contributed by atoms with Gasteiger partial charge >= 0.3 is 6.03 Å². The molecule has 116 valence electrons. The van der Waals surface area contributed by atoms with Crippen LogP contribution in [-0.2, 0) is 12.8 Å². The molecule has 0 bridgehead atoms. The Morgan fingerprint density at radius 2 is 2.00 bits per heavy atom. The molecule has 0 fully saturated rings. The third kappa shape index (κ3) is 3.47. The number of aryl methyl sites for hydroxylation is 2. The van der Waals surface area contributed by atoms with Gasteiger partial charge in [-0.3, -0.25) is 5.32 Å². The zero-order valence-corrected chi connectivity index (χ0v) is 13.8. The molecule has 0 saturated heterocycles. The van der Waals surface area contributed by atoms with Crippen molar-refractivity contribution in [2.45, 2.75) is 45.6 Å². The number of hydrogen-bond acceptors (Lipinski definition) is 3. The molecule has 3 rings (SSSR count). The van der Waals surface area contributed by atoms with Gasteiger partial charge in [0.25, 0.3) is 0 Å². The molecular weight excluding hydrogens is 294 g/mol. The molecule has 2 amide bonds. The van der Waals surface area contributed by atoms with E-state index in [0.717, 1.165) is 17.7 Å². The molecular formula is C17H21N3OS. The number of carbonyl (C=O) groups excluding carboxylic acids is 1. The standard InChI is InChI=1S/C17H21N3OS/c1-11(2)18-16(21)20-17-19-15(10-22-17)14-8-7-12-5-3-4-6-13(12)9-14/h7-11H,3-6H2,1-2H3,(H2,18,19,20,21). The first-order chi connectivity index (χ1) is 10.6. The van der Waals surface area contributed by atoms with E-state index in [1.807, 2.05) is 19.2 Å². The van der Waals surface area contributed by atoms with E-state index in [1.54, 1.807) is 0 Å². The molecule has 0 aliphatic heterocycles. The summed E-state index contributed by atoms with van der Waals surface area (Å²) in [5.74, 6) is 0. The number of amides is 2. The van der Waals surface area contributed by atoms with Gasteiger partial charge in [-0.15, -0.1) is 11.3 Å². The fraction of sp³-hybridized carbons (Fsp3) is 0.412. The summed E-state index contributed by atoms with van der Waals surface area (Å²) in [7, 11) is 0. The van der Waals surface area contributed by atoms with E-state index in [0.29, 0.717) is 5.13 Å². The van der Waals surface area contributed by atoms with E-state index in [-0.39, 0.29) is 12.1 Å². The summed E-state index contributed by atoms with van der Waals surface area (Å²) in [5.41, 5.74) is 4.98. The van der Waals surface area contributed by atoms with Crippen molar-refractivity contribution in [2.24, 2.45) is 0 Å². The molecule has 1 aliphatic rings. The minimum absolute atomic E-state index is 0.111. The number of hydrogen-bond donors (Lipinski definition) is 2. The number of thiazole rings is 1. The van der Waals surface area contributed by atoms with Gasteiger partial charge in [0, 0.05) is 17.0 Å². The number of benzene rings is 1. The van der Waals surface area contributed by atoms with Crippen molar-refractivity contribution in [3.8, 4) is 11.3 Å². The van der Waals surface area contributed by atoms with Gasteiger partial charge in [0.05, 0.1) is 5.69 Å². The third-order valence-electron chi connectivity index (χ3n) is 3.79. The van der Waals surface area contributed by atoms with Gasteiger partial charge in [-0.25, -0.2) is 9.78 Å². The molecule has 1 aromatic carbocycles. The van der Waals surface area contributed by atoms with Crippen molar-refractivity contribution in [1.82, 2.24) is 10.3 Å².